The van der Waals surface area contributed by atoms with Crippen LogP contribution >= 0.6 is 15.9 Å². The largest absolute Gasteiger partial charge is 0.452 e. The zero-order chi connectivity index (χ0) is 15.8. The summed E-state index contributed by atoms with van der Waals surface area (Å²) in [5.41, 5.74) is 1.36. The highest BCUT2D eigenvalue weighted by atomic mass is 79.9. The van der Waals surface area contributed by atoms with Gasteiger partial charge in [0.1, 0.15) is 0 Å². The number of benzene rings is 1. The normalized spacial score (nSPS) is 19.8. The van der Waals surface area contributed by atoms with Gasteiger partial charge in [0.2, 0.25) is 5.91 Å². The van der Waals surface area contributed by atoms with Crippen LogP contribution in [0, 0.1) is 0 Å². The molecule has 0 aromatic heterocycles. The summed E-state index contributed by atoms with van der Waals surface area (Å²) in [5, 5.41) is 0. The average Bonchev–Trinajstić information content (AvgIpc) is 2.99. The molecule has 1 aromatic rings. The van der Waals surface area contributed by atoms with Gasteiger partial charge in [-0.15, -0.1) is 0 Å². The van der Waals surface area contributed by atoms with Crippen molar-refractivity contribution in [2.75, 3.05) is 0 Å². The zero-order valence-electron chi connectivity index (χ0n) is 12.5. The number of carbonyl (C=O) groups excluding carboxylic acids is 2. The Morgan fingerprint density at radius 2 is 1.76 bits per heavy atom. The summed E-state index contributed by atoms with van der Waals surface area (Å²) in [5.74, 6) is -0.393. The predicted molar refractivity (Wildman–Crippen MR) is 83.5 cm³/mol. The van der Waals surface area contributed by atoms with Crippen LogP contribution < -0.4 is 0 Å². The van der Waals surface area contributed by atoms with Gasteiger partial charge in [-0.3, -0.25) is 9.59 Å². The van der Waals surface area contributed by atoms with E-state index >= 15 is 0 Å². The van der Waals surface area contributed by atoms with Gasteiger partial charge >= 0.3 is 5.97 Å². The highest BCUT2D eigenvalue weighted by Crippen LogP contribution is 2.51. The van der Waals surface area contributed by atoms with Crippen molar-refractivity contribution < 1.29 is 14.3 Å². The second-order valence-electron chi connectivity index (χ2n) is 5.51. The van der Waals surface area contributed by atoms with Crippen molar-refractivity contribution in [3.05, 3.63) is 46.1 Å². The topological polar surface area (TPSA) is 46.4 Å². The van der Waals surface area contributed by atoms with Crippen LogP contribution in [0.25, 0.3) is 0 Å². The minimum Gasteiger partial charge on any atom is -0.452 e. The number of esters is 1. The number of rotatable bonds is 3. The van der Waals surface area contributed by atoms with Crippen molar-refractivity contribution in [2.45, 2.75) is 39.3 Å². The van der Waals surface area contributed by atoms with Crippen LogP contribution in [-0.2, 0) is 14.3 Å². The zero-order valence-corrected chi connectivity index (χ0v) is 14.1. The number of nitrogens with zero attached hydrogens (tertiary/aromatic N) is 1. The summed E-state index contributed by atoms with van der Waals surface area (Å²) in [6.45, 7) is 6.82. The van der Waals surface area contributed by atoms with E-state index in [4.69, 9.17) is 4.74 Å². The lowest BCUT2D eigenvalue weighted by Gasteiger charge is -2.17. The molecule has 1 atom stereocenters. The Morgan fingerprint density at radius 3 is 2.19 bits per heavy atom. The molecule has 0 aliphatic carbocycles. The van der Waals surface area contributed by atoms with Gasteiger partial charge in [0.25, 0.3) is 0 Å². The molecule has 0 saturated carbocycles. The molecule has 1 aromatic carbocycles. The minimum atomic E-state index is -0.540. The van der Waals surface area contributed by atoms with E-state index < -0.39 is 6.10 Å². The molecule has 1 aliphatic rings. The molecule has 0 bridgehead atoms. The van der Waals surface area contributed by atoms with Crippen LogP contribution in [0.1, 0.15) is 39.4 Å². The third kappa shape index (κ3) is 3.02. The Bertz CT molecular complexity index is 607. The van der Waals surface area contributed by atoms with Crippen molar-refractivity contribution in [2.24, 2.45) is 0 Å². The molecule has 21 heavy (non-hydrogen) atoms. The van der Waals surface area contributed by atoms with Crippen molar-refractivity contribution in [1.82, 2.24) is 4.90 Å². The molecular formula is C16H18BrNO3. The highest BCUT2D eigenvalue weighted by molar-refractivity contribution is 9.11. The van der Waals surface area contributed by atoms with Gasteiger partial charge in [0.05, 0.1) is 15.7 Å². The lowest BCUT2D eigenvalue weighted by molar-refractivity contribution is -0.144. The van der Waals surface area contributed by atoms with E-state index in [1.54, 1.807) is 4.90 Å². The Morgan fingerprint density at radius 1 is 1.19 bits per heavy atom. The fraction of sp³-hybridized carbons (Fsp3) is 0.375. The number of hydrogen-bond acceptors (Lipinski definition) is 3. The van der Waals surface area contributed by atoms with E-state index in [1.807, 2.05) is 44.2 Å². The van der Waals surface area contributed by atoms with E-state index in [0.717, 1.165) is 11.3 Å². The van der Waals surface area contributed by atoms with E-state index in [-0.39, 0.29) is 17.4 Å². The van der Waals surface area contributed by atoms with Crippen LogP contribution in [0.15, 0.2) is 40.5 Å². The number of carbonyl (C=O) groups is 2. The SMILES string of the molecule is CC(=O)OC(/C(Br)=C1\N(C(C)=O)C1(C)C)c1ccccc1. The molecule has 5 heteroatoms. The summed E-state index contributed by atoms with van der Waals surface area (Å²) in [6, 6.07) is 9.46. The van der Waals surface area contributed by atoms with Gasteiger partial charge in [-0.1, -0.05) is 30.3 Å². The molecule has 1 aliphatic heterocycles. The Hall–Kier alpha value is -1.62. The maximum absolute atomic E-state index is 11.7. The summed E-state index contributed by atoms with van der Waals surface area (Å²) >= 11 is 3.53. The fourth-order valence-electron chi connectivity index (χ4n) is 2.55. The van der Waals surface area contributed by atoms with Gasteiger partial charge < -0.3 is 9.64 Å². The molecule has 112 valence electrons. The van der Waals surface area contributed by atoms with E-state index in [2.05, 4.69) is 15.9 Å². The van der Waals surface area contributed by atoms with E-state index in [1.165, 1.54) is 13.8 Å². The molecular weight excluding hydrogens is 334 g/mol. The van der Waals surface area contributed by atoms with Crippen molar-refractivity contribution >= 4 is 27.8 Å². The quantitative estimate of drug-likeness (QED) is 0.618. The van der Waals surface area contributed by atoms with Gasteiger partial charge in [-0.05, 0) is 35.3 Å². The second kappa shape index (κ2) is 5.64. The average molecular weight is 352 g/mol. The summed E-state index contributed by atoms with van der Waals surface area (Å²) in [7, 11) is 0. The van der Waals surface area contributed by atoms with E-state index in [9.17, 15) is 9.59 Å². The summed E-state index contributed by atoms with van der Waals surface area (Å²) < 4.78 is 6.15. The molecule has 1 heterocycles. The lowest BCUT2D eigenvalue weighted by atomic mass is 10.1. The van der Waals surface area contributed by atoms with E-state index in [0.29, 0.717) is 4.48 Å². The molecule has 4 nitrogen and oxygen atoms in total. The van der Waals surface area contributed by atoms with Crippen LogP contribution in [0.4, 0.5) is 0 Å². The van der Waals surface area contributed by atoms with Gasteiger partial charge in [0, 0.05) is 13.8 Å². The molecule has 0 spiro atoms. The molecule has 1 saturated heterocycles. The number of amides is 1. The smallest absolute Gasteiger partial charge is 0.303 e. The van der Waals surface area contributed by atoms with Crippen LogP contribution in [0.2, 0.25) is 0 Å². The molecule has 1 fully saturated rings. The second-order valence-corrected chi connectivity index (χ2v) is 6.36. The minimum absolute atomic E-state index is 0.0263. The first-order valence-corrected chi connectivity index (χ1v) is 7.49. The molecule has 1 unspecified atom stereocenters. The van der Waals surface area contributed by atoms with Crippen molar-refractivity contribution in [3.8, 4) is 0 Å². The number of hydrogen-bond donors (Lipinski definition) is 0. The molecule has 2 rings (SSSR count). The highest BCUT2D eigenvalue weighted by Gasteiger charge is 2.55. The maximum Gasteiger partial charge on any atom is 0.303 e. The fourth-order valence-corrected chi connectivity index (χ4v) is 3.57. The van der Waals surface area contributed by atoms with Crippen molar-refractivity contribution in [3.63, 3.8) is 0 Å². The van der Waals surface area contributed by atoms with Crippen LogP contribution in [0.5, 0.6) is 0 Å². The third-order valence-electron chi connectivity index (χ3n) is 3.47. The molecule has 0 radical (unpaired) electrons. The standard InChI is InChI=1S/C16H18BrNO3/c1-10(19)18-15(16(18,3)4)13(17)14(21-11(2)20)12-8-6-5-7-9-12/h5-9,14H,1-4H3/b15-13+. The summed E-state index contributed by atoms with van der Waals surface area (Å²) in [6.07, 6.45) is -0.540. The van der Waals surface area contributed by atoms with Crippen molar-refractivity contribution in [1.29, 1.82) is 0 Å². The maximum atomic E-state index is 11.7. The van der Waals surface area contributed by atoms with Crippen LogP contribution in [-0.4, -0.2) is 22.3 Å². The first kappa shape index (κ1) is 15.8. The number of ether oxygens (including phenoxy) is 1. The monoisotopic (exact) mass is 351 g/mol. The third-order valence-corrected chi connectivity index (χ3v) is 4.26. The Balaban J connectivity index is 2.43. The predicted octanol–water partition coefficient (Wildman–Crippen LogP) is 3.54. The Kier molecular flexibility index (Phi) is 4.23. The summed E-state index contributed by atoms with van der Waals surface area (Å²) in [4.78, 5) is 24.8. The first-order chi connectivity index (χ1) is 9.76. The van der Waals surface area contributed by atoms with Crippen LogP contribution in [0.3, 0.4) is 0 Å². The first-order valence-electron chi connectivity index (χ1n) is 6.70. The molecule has 1 amide bonds. The lowest BCUT2D eigenvalue weighted by Crippen LogP contribution is -2.13. The number of halogens is 1. The van der Waals surface area contributed by atoms with Gasteiger partial charge in [-0.2, -0.15) is 0 Å². The Labute approximate surface area is 132 Å². The van der Waals surface area contributed by atoms with Gasteiger partial charge in [-0.25, -0.2) is 0 Å². The molecule has 0 N–H and O–H groups in total. The van der Waals surface area contributed by atoms with Gasteiger partial charge in [0.15, 0.2) is 6.10 Å².